The molecular weight excluding hydrogens is 338 g/mol. The van der Waals surface area contributed by atoms with Gasteiger partial charge in [-0.1, -0.05) is 12.1 Å². The van der Waals surface area contributed by atoms with Crippen LogP contribution in [0.4, 0.5) is 5.69 Å². The maximum absolute atomic E-state index is 12.0. The van der Waals surface area contributed by atoms with E-state index in [9.17, 15) is 19.7 Å². The van der Waals surface area contributed by atoms with Gasteiger partial charge in [-0.2, -0.15) is 0 Å². The first-order valence-corrected chi connectivity index (χ1v) is 8.00. The van der Waals surface area contributed by atoms with Gasteiger partial charge in [0, 0.05) is 24.2 Å². The molecule has 136 valence electrons. The topological polar surface area (TPSA) is 111 Å². The largest absolute Gasteiger partial charge is 0.494 e. The summed E-state index contributed by atoms with van der Waals surface area (Å²) in [5, 5.41) is 15.8. The van der Waals surface area contributed by atoms with Crippen molar-refractivity contribution in [2.45, 2.75) is 13.5 Å². The number of carbonyl (C=O) groups is 2. The van der Waals surface area contributed by atoms with E-state index in [4.69, 9.17) is 4.74 Å². The first-order chi connectivity index (χ1) is 12.5. The third kappa shape index (κ3) is 5.59. The van der Waals surface area contributed by atoms with Gasteiger partial charge in [0.2, 0.25) is 5.91 Å². The second-order valence-electron chi connectivity index (χ2n) is 5.34. The zero-order valence-corrected chi connectivity index (χ0v) is 14.2. The van der Waals surface area contributed by atoms with Crippen LogP contribution in [0.2, 0.25) is 0 Å². The van der Waals surface area contributed by atoms with Crippen LogP contribution < -0.4 is 15.4 Å². The molecule has 8 nitrogen and oxygen atoms in total. The highest BCUT2D eigenvalue weighted by molar-refractivity contribution is 5.96. The van der Waals surface area contributed by atoms with Crippen LogP contribution >= 0.6 is 0 Å². The third-order valence-electron chi connectivity index (χ3n) is 3.47. The number of hydrogen-bond acceptors (Lipinski definition) is 5. The summed E-state index contributed by atoms with van der Waals surface area (Å²) in [6, 6.07) is 12.5. The number of amides is 2. The Labute approximate surface area is 150 Å². The van der Waals surface area contributed by atoms with Gasteiger partial charge in [0.15, 0.2) is 0 Å². The first-order valence-electron chi connectivity index (χ1n) is 8.00. The van der Waals surface area contributed by atoms with Crippen molar-refractivity contribution >= 4 is 17.5 Å². The van der Waals surface area contributed by atoms with Crippen molar-refractivity contribution in [3.05, 3.63) is 69.8 Å². The van der Waals surface area contributed by atoms with Crippen molar-refractivity contribution in [3.63, 3.8) is 0 Å². The molecule has 0 spiro atoms. The number of nitrogens with one attached hydrogen (secondary N) is 2. The lowest BCUT2D eigenvalue weighted by Crippen LogP contribution is -2.36. The van der Waals surface area contributed by atoms with Crippen LogP contribution in [0.25, 0.3) is 0 Å². The van der Waals surface area contributed by atoms with Crippen molar-refractivity contribution in [1.29, 1.82) is 0 Å². The number of ether oxygens (including phenoxy) is 1. The number of hydrogen-bond donors (Lipinski definition) is 2. The minimum absolute atomic E-state index is 0.0114. The van der Waals surface area contributed by atoms with Crippen molar-refractivity contribution < 1.29 is 19.2 Å². The Morgan fingerprint density at radius 2 is 1.69 bits per heavy atom. The Morgan fingerprint density at radius 1 is 1.04 bits per heavy atom. The fraction of sp³-hybridized carbons (Fsp3) is 0.222. The highest BCUT2D eigenvalue weighted by Crippen LogP contribution is 2.12. The highest BCUT2D eigenvalue weighted by Gasteiger charge is 2.09. The molecular formula is C18H19N3O5. The highest BCUT2D eigenvalue weighted by atomic mass is 16.6. The molecule has 0 atom stereocenters. The predicted octanol–water partition coefficient (Wildman–Crippen LogP) is 2.04. The van der Waals surface area contributed by atoms with E-state index >= 15 is 0 Å². The molecule has 26 heavy (non-hydrogen) atoms. The Kier molecular flexibility index (Phi) is 6.67. The van der Waals surface area contributed by atoms with E-state index in [2.05, 4.69) is 10.6 Å². The zero-order valence-electron chi connectivity index (χ0n) is 14.2. The van der Waals surface area contributed by atoms with Gasteiger partial charge in [0.1, 0.15) is 5.75 Å². The van der Waals surface area contributed by atoms with Gasteiger partial charge in [-0.15, -0.1) is 0 Å². The van der Waals surface area contributed by atoms with Crippen LogP contribution in [0.3, 0.4) is 0 Å². The summed E-state index contributed by atoms with van der Waals surface area (Å²) in [4.78, 5) is 33.9. The molecule has 0 fully saturated rings. The van der Waals surface area contributed by atoms with Gasteiger partial charge >= 0.3 is 0 Å². The number of rotatable bonds is 8. The summed E-state index contributed by atoms with van der Waals surface area (Å²) in [6.07, 6.45) is 0. The Bertz CT molecular complexity index is 772. The molecule has 2 rings (SSSR count). The van der Waals surface area contributed by atoms with Crippen LogP contribution in [0.1, 0.15) is 22.8 Å². The zero-order chi connectivity index (χ0) is 18.9. The summed E-state index contributed by atoms with van der Waals surface area (Å²) in [7, 11) is 0. The molecule has 0 bridgehead atoms. The van der Waals surface area contributed by atoms with Crippen molar-refractivity contribution in [2.75, 3.05) is 13.2 Å². The van der Waals surface area contributed by atoms with E-state index in [1.54, 1.807) is 36.4 Å². The lowest BCUT2D eigenvalue weighted by molar-refractivity contribution is -0.384. The van der Waals surface area contributed by atoms with Crippen LogP contribution in [0.15, 0.2) is 48.5 Å². The van der Waals surface area contributed by atoms with E-state index in [0.717, 1.165) is 5.56 Å². The maximum Gasteiger partial charge on any atom is 0.269 e. The van der Waals surface area contributed by atoms with Crippen LogP contribution in [0, 0.1) is 10.1 Å². The standard InChI is InChI=1S/C18H19N3O5/c1-2-26-16-9-5-14(6-10-16)18(23)20-12-17(22)19-11-13-3-7-15(8-4-13)21(24)25/h3-10H,2,11-12H2,1H3,(H,19,22)(H,20,23). The van der Waals surface area contributed by atoms with Gasteiger partial charge in [-0.3, -0.25) is 19.7 Å². The number of carbonyl (C=O) groups excluding carboxylic acids is 2. The lowest BCUT2D eigenvalue weighted by Gasteiger charge is -2.08. The van der Waals surface area contributed by atoms with Gasteiger partial charge in [-0.25, -0.2) is 0 Å². The second kappa shape index (κ2) is 9.16. The molecule has 0 aromatic heterocycles. The van der Waals surface area contributed by atoms with Gasteiger partial charge < -0.3 is 15.4 Å². The molecule has 0 unspecified atom stereocenters. The molecule has 2 aromatic carbocycles. The van der Waals surface area contributed by atoms with E-state index in [0.29, 0.717) is 17.9 Å². The molecule has 0 aliphatic rings. The number of non-ortho nitro benzene ring substituents is 1. The average Bonchev–Trinajstić information content (AvgIpc) is 2.65. The molecule has 0 saturated heterocycles. The Morgan fingerprint density at radius 3 is 2.27 bits per heavy atom. The third-order valence-corrected chi connectivity index (χ3v) is 3.47. The summed E-state index contributed by atoms with van der Waals surface area (Å²) in [5.41, 5.74) is 1.14. The van der Waals surface area contributed by atoms with E-state index < -0.39 is 4.92 Å². The van der Waals surface area contributed by atoms with Gasteiger partial charge in [0.05, 0.1) is 18.1 Å². The minimum Gasteiger partial charge on any atom is -0.494 e. The molecule has 0 aliphatic heterocycles. The van der Waals surface area contributed by atoms with Crippen molar-refractivity contribution in [2.24, 2.45) is 0 Å². The molecule has 0 saturated carbocycles. The lowest BCUT2D eigenvalue weighted by atomic mass is 10.2. The SMILES string of the molecule is CCOc1ccc(C(=O)NCC(=O)NCc2ccc([N+](=O)[O-])cc2)cc1. The normalized spacial score (nSPS) is 10.0. The second-order valence-corrected chi connectivity index (χ2v) is 5.34. The minimum atomic E-state index is -0.487. The summed E-state index contributed by atoms with van der Waals surface area (Å²) in [5.74, 6) is -0.0499. The molecule has 0 aliphatic carbocycles. The fourth-order valence-corrected chi connectivity index (χ4v) is 2.13. The van der Waals surface area contributed by atoms with Crippen molar-refractivity contribution in [3.8, 4) is 5.75 Å². The molecule has 2 aromatic rings. The maximum atomic E-state index is 12.0. The van der Waals surface area contributed by atoms with Crippen LogP contribution in [-0.2, 0) is 11.3 Å². The van der Waals surface area contributed by atoms with Crippen LogP contribution in [0.5, 0.6) is 5.75 Å². The molecule has 2 amide bonds. The van der Waals surface area contributed by atoms with Gasteiger partial charge in [0.25, 0.3) is 11.6 Å². The molecule has 0 radical (unpaired) electrons. The summed E-state index contributed by atoms with van der Waals surface area (Å²) >= 11 is 0. The number of nitro benzene ring substituents is 1. The molecule has 2 N–H and O–H groups in total. The van der Waals surface area contributed by atoms with Crippen molar-refractivity contribution in [1.82, 2.24) is 10.6 Å². The van der Waals surface area contributed by atoms with E-state index in [1.807, 2.05) is 6.92 Å². The Balaban J connectivity index is 1.77. The first kappa shape index (κ1) is 18.9. The smallest absolute Gasteiger partial charge is 0.269 e. The fourth-order valence-electron chi connectivity index (χ4n) is 2.13. The van der Waals surface area contributed by atoms with Gasteiger partial charge in [-0.05, 0) is 36.8 Å². The number of nitro groups is 1. The van der Waals surface area contributed by atoms with Crippen LogP contribution in [-0.4, -0.2) is 29.9 Å². The number of nitrogens with zero attached hydrogens (tertiary/aromatic N) is 1. The average molecular weight is 357 g/mol. The molecule has 8 heteroatoms. The van der Waals surface area contributed by atoms with E-state index in [-0.39, 0.29) is 30.6 Å². The number of benzene rings is 2. The summed E-state index contributed by atoms with van der Waals surface area (Å²) < 4.78 is 5.30. The molecule has 0 heterocycles. The quantitative estimate of drug-likeness (QED) is 0.555. The Hall–Kier alpha value is -3.42. The monoisotopic (exact) mass is 357 g/mol. The predicted molar refractivity (Wildman–Crippen MR) is 94.9 cm³/mol. The summed E-state index contributed by atoms with van der Waals surface area (Å²) in [6.45, 7) is 2.46. The van der Waals surface area contributed by atoms with E-state index in [1.165, 1.54) is 12.1 Å².